The lowest BCUT2D eigenvalue weighted by Gasteiger charge is -2.43. The molecule has 0 spiro atoms. The second-order valence-corrected chi connectivity index (χ2v) is 8.59. The summed E-state index contributed by atoms with van der Waals surface area (Å²) in [6.45, 7) is 2.56. The monoisotopic (exact) mass is 395 g/mol. The second-order valence-electron chi connectivity index (χ2n) is 6.55. The fourth-order valence-electron chi connectivity index (χ4n) is 3.45. The van der Waals surface area contributed by atoms with Crippen molar-refractivity contribution in [3.8, 4) is 11.3 Å². The minimum atomic E-state index is -2.55. The van der Waals surface area contributed by atoms with Crippen molar-refractivity contribution in [2.45, 2.75) is 38.2 Å². The molecule has 7 nitrogen and oxygen atoms in total. The molecule has 0 aromatic carbocycles. The Kier molecular flexibility index (Phi) is 3.51. The second kappa shape index (κ2) is 5.68. The van der Waals surface area contributed by atoms with E-state index in [1.807, 2.05) is 11.8 Å². The molecule has 1 aliphatic heterocycles. The van der Waals surface area contributed by atoms with Crippen molar-refractivity contribution in [2.75, 3.05) is 16.8 Å². The van der Waals surface area contributed by atoms with Crippen LogP contribution in [0.25, 0.3) is 11.3 Å². The molecule has 0 saturated heterocycles. The van der Waals surface area contributed by atoms with E-state index in [1.54, 1.807) is 17.5 Å². The van der Waals surface area contributed by atoms with Gasteiger partial charge in [-0.2, -0.15) is 9.47 Å². The third-order valence-electron chi connectivity index (χ3n) is 4.69. The van der Waals surface area contributed by atoms with E-state index in [0.29, 0.717) is 12.5 Å². The fourth-order valence-corrected chi connectivity index (χ4v) is 4.84. The number of aromatic nitrogens is 5. The molecule has 1 saturated carbocycles. The van der Waals surface area contributed by atoms with Gasteiger partial charge in [-0.25, -0.2) is 18.7 Å². The molecule has 26 heavy (non-hydrogen) atoms. The SMILES string of the molecule is Cc1nc(Nc2nc3c(s2)CCN(C2CC(F)(F)C2)c2[nH]ncc2-3)ns1. The lowest BCUT2D eigenvalue weighted by Crippen LogP contribution is -2.51. The number of hydrogen-bond donors (Lipinski definition) is 2. The number of rotatable bonds is 3. The number of thiazole rings is 1. The van der Waals surface area contributed by atoms with E-state index in [1.165, 1.54) is 11.5 Å². The highest BCUT2D eigenvalue weighted by Gasteiger charge is 2.49. The Morgan fingerprint density at radius 1 is 1.35 bits per heavy atom. The first kappa shape index (κ1) is 16.1. The van der Waals surface area contributed by atoms with Crippen LogP contribution in [0.5, 0.6) is 0 Å². The zero-order valence-corrected chi connectivity index (χ0v) is 15.4. The van der Waals surface area contributed by atoms with Crippen LogP contribution in [0.1, 0.15) is 22.7 Å². The number of fused-ring (bicyclic) bond motifs is 3. The van der Waals surface area contributed by atoms with Gasteiger partial charge in [0.1, 0.15) is 10.8 Å². The molecule has 0 unspecified atom stereocenters. The van der Waals surface area contributed by atoms with Gasteiger partial charge in [0.2, 0.25) is 5.95 Å². The minimum Gasteiger partial charge on any atom is -0.353 e. The molecular weight excluding hydrogens is 380 g/mol. The minimum absolute atomic E-state index is 0.103. The van der Waals surface area contributed by atoms with E-state index in [9.17, 15) is 8.78 Å². The van der Waals surface area contributed by atoms with Crippen LogP contribution in [-0.4, -0.2) is 43.0 Å². The van der Waals surface area contributed by atoms with Gasteiger partial charge in [-0.05, 0) is 18.5 Å². The highest BCUT2D eigenvalue weighted by Crippen LogP contribution is 2.46. The summed E-state index contributed by atoms with van der Waals surface area (Å²) in [6.07, 6.45) is 2.27. The molecule has 11 heteroatoms. The standard InChI is InChI=1S/C15H15F2N7S2/c1-7-19-13(23-26-7)21-14-20-11-9-6-18-22-12(9)24(3-2-10(11)25-14)8-4-15(16,17)5-8/h6,8H,2-5H2,1H3,(H,18,22)(H,20,21,23). The third-order valence-corrected chi connectivity index (χ3v) is 6.34. The zero-order valence-electron chi connectivity index (χ0n) is 13.8. The molecule has 1 aliphatic carbocycles. The normalized spacial score (nSPS) is 18.8. The molecule has 2 aliphatic rings. The van der Waals surface area contributed by atoms with Crippen molar-refractivity contribution in [3.63, 3.8) is 0 Å². The number of H-pyrrole nitrogens is 1. The molecule has 5 rings (SSSR count). The molecule has 2 N–H and O–H groups in total. The van der Waals surface area contributed by atoms with Crippen molar-refractivity contribution >= 4 is 39.8 Å². The van der Waals surface area contributed by atoms with Crippen LogP contribution in [0.4, 0.5) is 25.7 Å². The van der Waals surface area contributed by atoms with Crippen molar-refractivity contribution < 1.29 is 8.78 Å². The first-order chi connectivity index (χ1) is 12.5. The van der Waals surface area contributed by atoms with Crippen molar-refractivity contribution in [2.24, 2.45) is 0 Å². The van der Waals surface area contributed by atoms with Crippen LogP contribution in [0.15, 0.2) is 6.20 Å². The van der Waals surface area contributed by atoms with Crippen LogP contribution in [0, 0.1) is 6.92 Å². The molecule has 1 fully saturated rings. The highest BCUT2D eigenvalue weighted by atomic mass is 32.1. The van der Waals surface area contributed by atoms with E-state index >= 15 is 0 Å². The first-order valence-corrected chi connectivity index (χ1v) is 9.83. The van der Waals surface area contributed by atoms with Crippen LogP contribution < -0.4 is 10.2 Å². The number of nitrogens with one attached hydrogen (secondary N) is 2. The van der Waals surface area contributed by atoms with E-state index in [4.69, 9.17) is 4.98 Å². The first-order valence-electron chi connectivity index (χ1n) is 8.24. The van der Waals surface area contributed by atoms with Gasteiger partial charge in [-0.3, -0.25) is 10.4 Å². The van der Waals surface area contributed by atoms with Crippen molar-refractivity contribution in [3.05, 3.63) is 16.1 Å². The number of alkyl halides is 2. The summed E-state index contributed by atoms with van der Waals surface area (Å²) in [5.74, 6) is -1.22. The molecule has 0 atom stereocenters. The van der Waals surface area contributed by atoms with E-state index in [-0.39, 0.29) is 18.9 Å². The van der Waals surface area contributed by atoms with Crippen LogP contribution >= 0.6 is 22.9 Å². The van der Waals surface area contributed by atoms with E-state index in [0.717, 1.165) is 38.5 Å². The van der Waals surface area contributed by atoms with Crippen LogP contribution in [0.3, 0.4) is 0 Å². The Hall–Kier alpha value is -2.14. The largest absolute Gasteiger partial charge is 0.353 e. The van der Waals surface area contributed by atoms with Crippen LogP contribution in [-0.2, 0) is 6.42 Å². The molecule has 136 valence electrons. The number of nitrogens with zero attached hydrogens (tertiary/aromatic N) is 5. The topological polar surface area (TPSA) is 82.6 Å². The highest BCUT2D eigenvalue weighted by molar-refractivity contribution is 7.16. The van der Waals surface area contributed by atoms with Gasteiger partial charge in [-0.15, -0.1) is 11.3 Å². The number of aryl methyl sites for hydroxylation is 1. The molecular formula is C15H15F2N7S2. The average Bonchev–Trinajstić information content (AvgIpc) is 3.25. The predicted molar refractivity (Wildman–Crippen MR) is 96.6 cm³/mol. The summed E-state index contributed by atoms with van der Waals surface area (Å²) in [5, 5.41) is 11.9. The number of hydrogen-bond acceptors (Lipinski definition) is 8. The van der Waals surface area contributed by atoms with Crippen molar-refractivity contribution in [1.29, 1.82) is 0 Å². The Morgan fingerprint density at radius 3 is 2.92 bits per heavy atom. The van der Waals surface area contributed by atoms with Gasteiger partial charge in [-0.1, -0.05) is 0 Å². The quantitative estimate of drug-likeness (QED) is 0.705. The molecule has 0 bridgehead atoms. The summed E-state index contributed by atoms with van der Waals surface area (Å²) in [4.78, 5) is 12.1. The van der Waals surface area contributed by atoms with Gasteiger partial charge < -0.3 is 4.90 Å². The number of anilines is 3. The predicted octanol–water partition coefficient (Wildman–Crippen LogP) is 3.60. The summed E-state index contributed by atoms with van der Waals surface area (Å²) >= 11 is 2.88. The van der Waals surface area contributed by atoms with E-state index < -0.39 is 5.92 Å². The van der Waals surface area contributed by atoms with Gasteiger partial charge in [0, 0.05) is 36.7 Å². The van der Waals surface area contributed by atoms with Crippen molar-refractivity contribution in [1.82, 2.24) is 24.5 Å². The number of halogens is 2. The smallest absolute Gasteiger partial charge is 0.252 e. The zero-order chi connectivity index (χ0) is 17.9. The third kappa shape index (κ3) is 2.65. The maximum atomic E-state index is 13.3. The molecule has 4 heterocycles. The van der Waals surface area contributed by atoms with Gasteiger partial charge in [0.15, 0.2) is 5.13 Å². The Morgan fingerprint density at radius 2 is 2.19 bits per heavy atom. The van der Waals surface area contributed by atoms with E-state index in [2.05, 4.69) is 24.9 Å². The molecule has 3 aromatic heterocycles. The Labute approximate surface area is 155 Å². The maximum absolute atomic E-state index is 13.3. The average molecular weight is 395 g/mol. The summed E-state index contributed by atoms with van der Waals surface area (Å²) < 4.78 is 30.9. The van der Waals surface area contributed by atoms with Crippen LogP contribution in [0.2, 0.25) is 0 Å². The lowest BCUT2D eigenvalue weighted by atomic mass is 9.86. The van der Waals surface area contributed by atoms with Gasteiger partial charge >= 0.3 is 0 Å². The molecule has 0 radical (unpaired) electrons. The Balaban J connectivity index is 1.45. The lowest BCUT2D eigenvalue weighted by molar-refractivity contribution is -0.0858. The maximum Gasteiger partial charge on any atom is 0.252 e. The summed E-state index contributed by atoms with van der Waals surface area (Å²) in [7, 11) is 0. The number of aromatic amines is 1. The molecule has 3 aromatic rings. The fraction of sp³-hybridized carbons (Fsp3) is 0.467. The summed E-state index contributed by atoms with van der Waals surface area (Å²) in [6, 6.07) is -0.155. The Bertz CT molecular complexity index is 955. The van der Waals surface area contributed by atoms with Gasteiger partial charge in [0.05, 0.1) is 17.5 Å². The summed E-state index contributed by atoms with van der Waals surface area (Å²) in [5.41, 5.74) is 1.71. The molecule has 0 amide bonds. The van der Waals surface area contributed by atoms with Gasteiger partial charge in [0.25, 0.3) is 5.92 Å².